The van der Waals surface area contributed by atoms with E-state index in [1.54, 1.807) is 0 Å². The lowest BCUT2D eigenvalue weighted by Gasteiger charge is -2.08. The van der Waals surface area contributed by atoms with Crippen LogP contribution in [0, 0.1) is 10.1 Å². The normalized spacial score (nSPS) is 11.4. The number of hydrogen-bond donors (Lipinski definition) is 1. The van der Waals surface area contributed by atoms with E-state index in [2.05, 4.69) is 36.6 Å². The Morgan fingerprint density at radius 2 is 1.95 bits per heavy atom. The summed E-state index contributed by atoms with van der Waals surface area (Å²) in [5.41, 5.74) is -0.147. The second-order valence-corrected chi connectivity index (χ2v) is 9.25. The molecule has 1 N–H and O–H groups in total. The number of halogens is 3. The Kier molecular flexibility index (Phi) is 4.93. The van der Waals surface area contributed by atoms with E-state index >= 15 is 0 Å². The van der Waals surface area contributed by atoms with E-state index < -0.39 is 14.9 Å². The molecular weight excluding hydrogens is 472 g/mol. The van der Waals surface area contributed by atoms with Gasteiger partial charge in [-0.1, -0.05) is 11.6 Å². The van der Waals surface area contributed by atoms with Crippen molar-refractivity contribution in [3.8, 4) is 0 Å². The van der Waals surface area contributed by atoms with Crippen LogP contribution in [0.2, 0.25) is 5.02 Å². The number of rotatable bonds is 4. The van der Waals surface area contributed by atoms with Gasteiger partial charge < -0.3 is 0 Å². The highest BCUT2D eigenvalue weighted by Crippen LogP contribution is 2.36. The van der Waals surface area contributed by atoms with Crippen LogP contribution in [0.4, 0.5) is 11.4 Å². The number of nitro groups is 1. The third-order valence-electron chi connectivity index (χ3n) is 2.29. The molecule has 1 aromatic heterocycles. The molecule has 0 fully saturated rings. The Bertz CT molecular complexity index is 803. The van der Waals surface area contributed by atoms with Crippen molar-refractivity contribution >= 4 is 76.2 Å². The van der Waals surface area contributed by atoms with Crippen molar-refractivity contribution in [2.24, 2.45) is 0 Å². The van der Waals surface area contributed by atoms with Gasteiger partial charge in [0.05, 0.1) is 19.4 Å². The number of nitro benzene ring substituents is 1. The molecule has 1 heterocycles. The van der Waals surface area contributed by atoms with Crippen LogP contribution >= 0.6 is 54.8 Å². The van der Waals surface area contributed by atoms with E-state index in [0.29, 0.717) is 8.26 Å². The molecule has 0 radical (unpaired) electrons. The molecule has 0 atom stereocenters. The maximum absolute atomic E-state index is 12.2. The molecule has 0 saturated heterocycles. The molecule has 112 valence electrons. The molecular formula is C10H5Br2ClN2O4S2. The number of non-ortho nitro benzene ring substituents is 1. The molecule has 0 bridgehead atoms. The fraction of sp³-hybridized carbons (Fsp3) is 0. The van der Waals surface area contributed by atoms with Crippen LogP contribution in [0.3, 0.4) is 0 Å². The van der Waals surface area contributed by atoms with Gasteiger partial charge in [0, 0.05) is 16.6 Å². The van der Waals surface area contributed by atoms with Crippen molar-refractivity contribution in [2.45, 2.75) is 4.21 Å². The zero-order valence-electron chi connectivity index (χ0n) is 9.84. The predicted octanol–water partition coefficient (Wildman–Crippen LogP) is 4.64. The number of benzene rings is 1. The number of sulfonamides is 1. The first-order valence-electron chi connectivity index (χ1n) is 5.12. The van der Waals surface area contributed by atoms with Crippen molar-refractivity contribution in [1.82, 2.24) is 0 Å². The summed E-state index contributed by atoms with van der Waals surface area (Å²) in [6, 6.07) is 5.09. The molecule has 0 spiro atoms. The van der Waals surface area contributed by atoms with Gasteiger partial charge in [0.1, 0.15) is 4.21 Å². The van der Waals surface area contributed by atoms with Gasteiger partial charge in [0.2, 0.25) is 0 Å². The molecule has 1 aromatic carbocycles. The monoisotopic (exact) mass is 474 g/mol. The highest BCUT2D eigenvalue weighted by Gasteiger charge is 2.21. The Hall–Kier alpha value is -0.680. The minimum absolute atomic E-state index is 0.00205. The minimum atomic E-state index is -3.88. The average molecular weight is 477 g/mol. The third kappa shape index (κ3) is 3.75. The summed E-state index contributed by atoms with van der Waals surface area (Å²) >= 11 is 13.0. The molecule has 0 saturated carbocycles. The van der Waals surface area contributed by atoms with Gasteiger partial charge in [-0.2, -0.15) is 0 Å². The highest BCUT2D eigenvalue weighted by atomic mass is 79.9. The van der Waals surface area contributed by atoms with Gasteiger partial charge in [-0.15, -0.1) is 11.3 Å². The fourth-order valence-electron chi connectivity index (χ4n) is 1.36. The Morgan fingerprint density at radius 1 is 1.29 bits per heavy atom. The van der Waals surface area contributed by atoms with E-state index in [1.807, 2.05) is 0 Å². The maximum atomic E-state index is 12.2. The van der Waals surface area contributed by atoms with Crippen LogP contribution in [0.25, 0.3) is 0 Å². The standard InChI is InChI=1S/C10H5Br2ClN2O4S2/c11-6-2-1-5(15(16)17)3-8(6)14-21(18,19)9-4-7(13)10(12)20-9/h1-4,14H. The molecule has 0 aliphatic carbocycles. The van der Waals surface area contributed by atoms with E-state index in [4.69, 9.17) is 11.6 Å². The van der Waals surface area contributed by atoms with Crippen LogP contribution in [0.15, 0.2) is 36.7 Å². The Balaban J connectivity index is 2.41. The smallest absolute Gasteiger partial charge is 0.271 e. The lowest BCUT2D eigenvalue weighted by Crippen LogP contribution is -2.12. The van der Waals surface area contributed by atoms with Gasteiger partial charge in [-0.05, 0) is 44.0 Å². The van der Waals surface area contributed by atoms with E-state index in [0.717, 1.165) is 17.4 Å². The molecule has 2 rings (SSSR count). The van der Waals surface area contributed by atoms with Crippen molar-refractivity contribution in [1.29, 1.82) is 0 Å². The zero-order valence-corrected chi connectivity index (χ0v) is 15.4. The summed E-state index contributed by atoms with van der Waals surface area (Å²) in [5, 5.41) is 11.0. The van der Waals surface area contributed by atoms with Crippen LogP contribution < -0.4 is 4.72 Å². The van der Waals surface area contributed by atoms with Gasteiger partial charge in [0.15, 0.2) is 0 Å². The van der Waals surface area contributed by atoms with E-state index in [1.165, 1.54) is 18.2 Å². The maximum Gasteiger partial charge on any atom is 0.271 e. The predicted molar refractivity (Wildman–Crippen MR) is 88.6 cm³/mol. The number of hydrogen-bond acceptors (Lipinski definition) is 5. The summed E-state index contributed by atoms with van der Waals surface area (Å²) in [6.45, 7) is 0. The number of nitrogens with zero attached hydrogens (tertiary/aromatic N) is 1. The first kappa shape index (κ1) is 16.7. The van der Waals surface area contributed by atoms with Gasteiger partial charge in [-0.3, -0.25) is 14.8 Å². The van der Waals surface area contributed by atoms with Crippen molar-refractivity contribution in [2.75, 3.05) is 4.72 Å². The molecule has 2 aromatic rings. The zero-order chi connectivity index (χ0) is 15.8. The molecule has 0 unspecified atom stereocenters. The summed E-state index contributed by atoms with van der Waals surface area (Å²) < 4.78 is 27.6. The molecule has 11 heteroatoms. The lowest BCUT2D eigenvalue weighted by molar-refractivity contribution is -0.384. The topological polar surface area (TPSA) is 89.3 Å². The molecule has 0 amide bonds. The first-order chi connectivity index (χ1) is 9.70. The largest absolute Gasteiger partial charge is 0.278 e. The van der Waals surface area contributed by atoms with Crippen molar-refractivity contribution in [3.63, 3.8) is 0 Å². The second kappa shape index (κ2) is 6.21. The third-order valence-corrected chi connectivity index (χ3v) is 7.30. The number of thiophene rings is 1. The van der Waals surface area contributed by atoms with Crippen LogP contribution in [0.1, 0.15) is 0 Å². The fourth-order valence-corrected chi connectivity index (χ4v) is 5.31. The minimum Gasteiger partial charge on any atom is -0.278 e. The number of nitrogens with one attached hydrogen (secondary N) is 1. The molecule has 6 nitrogen and oxygen atoms in total. The first-order valence-corrected chi connectivity index (χ1v) is 9.38. The summed E-state index contributed by atoms with van der Waals surface area (Å²) in [6.07, 6.45) is 0. The van der Waals surface area contributed by atoms with E-state index in [9.17, 15) is 18.5 Å². The number of anilines is 1. The van der Waals surface area contributed by atoms with Crippen molar-refractivity contribution < 1.29 is 13.3 Å². The lowest BCUT2D eigenvalue weighted by atomic mass is 10.3. The molecule has 0 aliphatic heterocycles. The quantitative estimate of drug-likeness (QED) is 0.514. The van der Waals surface area contributed by atoms with Gasteiger partial charge in [-0.25, -0.2) is 8.42 Å². The summed E-state index contributed by atoms with van der Waals surface area (Å²) in [5.74, 6) is 0. The van der Waals surface area contributed by atoms with E-state index in [-0.39, 0.29) is 20.6 Å². The van der Waals surface area contributed by atoms with Crippen molar-refractivity contribution in [3.05, 3.63) is 47.7 Å². The van der Waals surface area contributed by atoms with Crippen LogP contribution in [-0.4, -0.2) is 13.3 Å². The highest BCUT2D eigenvalue weighted by molar-refractivity contribution is 9.11. The Morgan fingerprint density at radius 3 is 2.48 bits per heavy atom. The SMILES string of the molecule is O=[N+]([O-])c1ccc(Br)c(NS(=O)(=O)c2cc(Cl)c(Br)s2)c1. The van der Waals surface area contributed by atoms with Crippen LogP contribution in [0.5, 0.6) is 0 Å². The molecule has 0 aliphatic rings. The second-order valence-electron chi connectivity index (χ2n) is 3.71. The van der Waals surface area contributed by atoms with Gasteiger partial charge >= 0.3 is 0 Å². The van der Waals surface area contributed by atoms with Crippen LogP contribution in [-0.2, 0) is 10.0 Å². The summed E-state index contributed by atoms with van der Waals surface area (Å²) in [4.78, 5) is 10.1. The average Bonchev–Trinajstić information content (AvgIpc) is 2.73. The Labute approximate surface area is 145 Å². The van der Waals surface area contributed by atoms with Gasteiger partial charge in [0.25, 0.3) is 15.7 Å². The summed E-state index contributed by atoms with van der Waals surface area (Å²) in [7, 11) is -3.88. The molecule has 21 heavy (non-hydrogen) atoms.